The number of esters is 1. The van der Waals surface area contributed by atoms with Crippen molar-refractivity contribution >= 4 is 43.5 Å². The van der Waals surface area contributed by atoms with E-state index in [0.717, 1.165) is 14.6 Å². The molecule has 2 rings (SSSR count). The van der Waals surface area contributed by atoms with Gasteiger partial charge in [0.15, 0.2) is 5.69 Å². The predicted molar refractivity (Wildman–Crippen MR) is 58.7 cm³/mol. The van der Waals surface area contributed by atoms with Crippen LogP contribution < -0.4 is 0 Å². The van der Waals surface area contributed by atoms with E-state index in [9.17, 15) is 4.79 Å². The molecule has 1 aromatic carbocycles. The molecule has 1 heterocycles. The highest BCUT2D eigenvalue weighted by molar-refractivity contribution is 9.10. The normalized spacial score (nSPS) is 10.4. The number of benzene rings is 1. The molecule has 1 aromatic heterocycles. The van der Waals surface area contributed by atoms with Crippen LogP contribution in [-0.4, -0.2) is 17.5 Å². The van der Waals surface area contributed by atoms with Crippen LogP contribution in [0.1, 0.15) is 10.5 Å². The van der Waals surface area contributed by atoms with E-state index in [0.29, 0.717) is 5.69 Å². The molecule has 0 amide bonds. The average molecular weight is 272 g/mol. The van der Waals surface area contributed by atoms with E-state index in [4.69, 9.17) is 0 Å². The molecule has 0 atom stereocenters. The van der Waals surface area contributed by atoms with Crippen molar-refractivity contribution in [3.63, 3.8) is 0 Å². The van der Waals surface area contributed by atoms with Crippen LogP contribution >= 0.6 is 27.5 Å². The van der Waals surface area contributed by atoms with Crippen molar-refractivity contribution in [2.24, 2.45) is 0 Å². The molecule has 14 heavy (non-hydrogen) atoms. The third-order valence-corrected chi connectivity index (χ3v) is 3.11. The number of halogens is 1. The van der Waals surface area contributed by atoms with Crippen molar-refractivity contribution in [2.45, 2.75) is 0 Å². The first-order valence-electron chi connectivity index (χ1n) is 3.85. The van der Waals surface area contributed by atoms with Gasteiger partial charge in [-0.05, 0) is 29.7 Å². The molecule has 0 spiro atoms. The molecule has 72 valence electrons. The van der Waals surface area contributed by atoms with Gasteiger partial charge in [0.1, 0.15) is 0 Å². The molecule has 0 fully saturated rings. The van der Waals surface area contributed by atoms with E-state index in [-0.39, 0.29) is 0 Å². The van der Waals surface area contributed by atoms with Crippen LogP contribution in [0.25, 0.3) is 10.1 Å². The van der Waals surface area contributed by atoms with Crippen molar-refractivity contribution in [3.8, 4) is 0 Å². The minimum Gasteiger partial charge on any atom is -0.464 e. The zero-order valence-electron chi connectivity index (χ0n) is 7.28. The molecule has 2 aromatic rings. The fourth-order valence-electron chi connectivity index (χ4n) is 1.16. The molecule has 0 N–H and O–H groups in total. The number of nitrogens with zero attached hydrogens (tertiary/aromatic N) is 1. The van der Waals surface area contributed by atoms with Gasteiger partial charge in [-0.25, -0.2) is 4.79 Å². The van der Waals surface area contributed by atoms with Crippen LogP contribution in [0.2, 0.25) is 0 Å². The lowest BCUT2D eigenvalue weighted by Crippen LogP contribution is -2.01. The Morgan fingerprint density at radius 1 is 1.57 bits per heavy atom. The van der Waals surface area contributed by atoms with E-state index in [1.807, 2.05) is 18.2 Å². The highest BCUT2D eigenvalue weighted by Gasteiger charge is 2.14. The summed E-state index contributed by atoms with van der Waals surface area (Å²) in [5.74, 6) is -0.390. The molecular formula is C9H6BrNO2S. The first-order valence-corrected chi connectivity index (χ1v) is 5.42. The van der Waals surface area contributed by atoms with Crippen LogP contribution in [0, 0.1) is 0 Å². The first-order chi connectivity index (χ1) is 6.72. The quantitative estimate of drug-likeness (QED) is 0.749. The SMILES string of the molecule is COC(=O)c1nsc2cc(Br)ccc12. The van der Waals surface area contributed by atoms with E-state index >= 15 is 0 Å². The molecule has 0 aliphatic carbocycles. The molecule has 0 radical (unpaired) electrons. The lowest BCUT2D eigenvalue weighted by Gasteiger charge is -1.94. The Kier molecular flexibility index (Phi) is 2.52. The number of carbonyl (C=O) groups excluding carboxylic acids is 1. The Morgan fingerprint density at radius 3 is 3.07 bits per heavy atom. The summed E-state index contributed by atoms with van der Waals surface area (Å²) in [5.41, 5.74) is 0.389. The minimum atomic E-state index is -0.390. The Labute approximate surface area is 93.0 Å². The van der Waals surface area contributed by atoms with Crippen LogP contribution in [0.4, 0.5) is 0 Å². The predicted octanol–water partition coefficient (Wildman–Crippen LogP) is 2.85. The summed E-state index contributed by atoms with van der Waals surface area (Å²) in [5, 5.41) is 0.838. The maximum atomic E-state index is 11.3. The van der Waals surface area contributed by atoms with Gasteiger partial charge in [0, 0.05) is 9.86 Å². The molecule has 0 aliphatic rings. The summed E-state index contributed by atoms with van der Waals surface area (Å²) in [7, 11) is 1.35. The highest BCUT2D eigenvalue weighted by Crippen LogP contribution is 2.26. The third-order valence-electron chi connectivity index (χ3n) is 1.81. The lowest BCUT2D eigenvalue weighted by atomic mass is 10.2. The van der Waals surface area contributed by atoms with Gasteiger partial charge in [-0.1, -0.05) is 15.9 Å². The van der Waals surface area contributed by atoms with Gasteiger partial charge in [-0.2, -0.15) is 4.37 Å². The third kappa shape index (κ3) is 1.53. The molecule has 5 heteroatoms. The molecular weight excluding hydrogens is 266 g/mol. The maximum absolute atomic E-state index is 11.3. The van der Waals surface area contributed by atoms with Gasteiger partial charge < -0.3 is 4.74 Å². The topological polar surface area (TPSA) is 39.2 Å². The second kappa shape index (κ2) is 3.67. The van der Waals surface area contributed by atoms with Crippen molar-refractivity contribution in [1.29, 1.82) is 0 Å². The number of fused-ring (bicyclic) bond motifs is 1. The summed E-state index contributed by atoms with van der Waals surface area (Å²) in [6.45, 7) is 0. The first kappa shape index (κ1) is 9.61. The van der Waals surface area contributed by atoms with Crippen LogP contribution in [-0.2, 0) is 4.74 Å². The summed E-state index contributed by atoms with van der Waals surface area (Å²) in [4.78, 5) is 11.3. The Bertz CT molecular complexity index is 495. The Balaban J connectivity index is 2.64. The lowest BCUT2D eigenvalue weighted by molar-refractivity contribution is 0.0598. The number of carbonyl (C=O) groups is 1. The van der Waals surface area contributed by atoms with Gasteiger partial charge in [-0.15, -0.1) is 0 Å². The van der Waals surface area contributed by atoms with Gasteiger partial charge in [0.25, 0.3) is 0 Å². The van der Waals surface area contributed by atoms with Gasteiger partial charge in [-0.3, -0.25) is 0 Å². The minimum absolute atomic E-state index is 0.389. The Morgan fingerprint density at radius 2 is 2.36 bits per heavy atom. The van der Waals surface area contributed by atoms with E-state index in [1.165, 1.54) is 18.6 Å². The average Bonchev–Trinajstić information content (AvgIpc) is 2.59. The second-order valence-corrected chi connectivity index (χ2v) is 4.38. The Hall–Kier alpha value is -0.940. The number of ether oxygens (including phenoxy) is 1. The fourth-order valence-corrected chi connectivity index (χ4v) is 2.47. The van der Waals surface area contributed by atoms with Crippen LogP contribution in [0.5, 0.6) is 0 Å². The van der Waals surface area contributed by atoms with Gasteiger partial charge >= 0.3 is 5.97 Å². The molecule has 0 bridgehead atoms. The van der Waals surface area contributed by atoms with Crippen molar-refractivity contribution in [3.05, 3.63) is 28.4 Å². The summed E-state index contributed by atoms with van der Waals surface area (Å²) < 4.78 is 10.6. The number of hydrogen-bond donors (Lipinski definition) is 0. The zero-order valence-corrected chi connectivity index (χ0v) is 9.68. The molecule has 0 saturated carbocycles. The smallest absolute Gasteiger partial charge is 0.358 e. The number of methoxy groups -OCH3 is 1. The van der Waals surface area contributed by atoms with Crippen molar-refractivity contribution < 1.29 is 9.53 Å². The van der Waals surface area contributed by atoms with E-state index in [1.54, 1.807) is 0 Å². The number of rotatable bonds is 1. The standard InChI is InChI=1S/C9H6BrNO2S/c1-13-9(12)8-6-3-2-5(10)4-7(6)14-11-8/h2-4H,1H3. The summed E-state index contributed by atoms with van der Waals surface area (Å²) in [6.07, 6.45) is 0. The maximum Gasteiger partial charge on any atom is 0.358 e. The summed E-state index contributed by atoms with van der Waals surface area (Å²) in [6, 6.07) is 5.66. The largest absolute Gasteiger partial charge is 0.464 e. The molecule has 0 unspecified atom stereocenters. The molecule has 0 saturated heterocycles. The zero-order chi connectivity index (χ0) is 10.1. The van der Waals surface area contributed by atoms with Crippen LogP contribution in [0.3, 0.4) is 0 Å². The van der Waals surface area contributed by atoms with Crippen molar-refractivity contribution in [2.75, 3.05) is 7.11 Å². The highest BCUT2D eigenvalue weighted by atomic mass is 79.9. The monoisotopic (exact) mass is 271 g/mol. The van der Waals surface area contributed by atoms with Crippen molar-refractivity contribution in [1.82, 2.24) is 4.37 Å². The van der Waals surface area contributed by atoms with Gasteiger partial charge in [0.2, 0.25) is 0 Å². The fraction of sp³-hybridized carbons (Fsp3) is 0.111. The van der Waals surface area contributed by atoms with E-state index in [2.05, 4.69) is 25.0 Å². The molecule has 0 aliphatic heterocycles. The number of hydrogen-bond acceptors (Lipinski definition) is 4. The molecule has 3 nitrogen and oxygen atoms in total. The number of aromatic nitrogens is 1. The van der Waals surface area contributed by atoms with Gasteiger partial charge in [0.05, 0.1) is 11.8 Å². The second-order valence-electron chi connectivity index (χ2n) is 2.66. The van der Waals surface area contributed by atoms with E-state index < -0.39 is 5.97 Å². The van der Waals surface area contributed by atoms with Crippen LogP contribution in [0.15, 0.2) is 22.7 Å². The summed E-state index contributed by atoms with van der Waals surface area (Å²) >= 11 is 4.65.